The van der Waals surface area contributed by atoms with Crippen LogP contribution in [0.5, 0.6) is 11.5 Å². The molecule has 0 saturated carbocycles. The van der Waals surface area contributed by atoms with Crippen molar-refractivity contribution in [3.05, 3.63) is 23.8 Å². The number of hydrogen-bond acceptors (Lipinski definition) is 4. The molecule has 2 N–H and O–H groups in total. The smallest absolute Gasteiger partial charge is 0.161 e. The van der Waals surface area contributed by atoms with E-state index in [9.17, 15) is 0 Å². The third kappa shape index (κ3) is 4.63. The van der Waals surface area contributed by atoms with E-state index in [-0.39, 0.29) is 13.2 Å². The van der Waals surface area contributed by atoms with E-state index in [1.54, 1.807) is 0 Å². The van der Waals surface area contributed by atoms with Crippen molar-refractivity contribution < 1.29 is 14.6 Å². The lowest BCUT2D eigenvalue weighted by Crippen LogP contribution is -2.12. The normalized spacial score (nSPS) is 10.3. The lowest BCUT2D eigenvalue weighted by atomic mass is 10.2. The summed E-state index contributed by atoms with van der Waals surface area (Å²) in [5, 5.41) is 12.0. The zero-order valence-corrected chi connectivity index (χ0v) is 10.5. The number of aliphatic hydroxyl groups is 1. The van der Waals surface area contributed by atoms with Gasteiger partial charge in [-0.15, -0.1) is 0 Å². The second-order valence-electron chi connectivity index (χ2n) is 3.57. The minimum atomic E-state index is 0.00467. The number of hydrogen-bond donors (Lipinski definition) is 2. The van der Waals surface area contributed by atoms with Gasteiger partial charge in [0.15, 0.2) is 11.5 Å². The summed E-state index contributed by atoms with van der Waals surface area (Å²) in [6.45, 7) is 6.65. The Balaban J connectivity index is 2.75. The van der Waals surface area contributed by atoms with Crippen molar-refractivity contribution in [2.45, 2.75) is 20.4 Å². The SMILES string of the molecule is CCNCc1ccc(OCCO)c(OCC)c1. The maximum atomic E-state index is 8.74. The van der Waals surface area contributed by atoms with E-state index in [0.29, 0.717) is 12.4 Å². The van der Waals surface area contributed by atoms with Gasteiger partial charge >= 0.3 is 0 Å². The van der Waals surface area contributed by atoms with Crippen LogP contribution in [0.2, 0.25) is 0 Å². The van der Waals surface area contributed by atoms with Crippen molar-refractivity contribution in [2.75, 3.05) is 26.4 Å². The van der Waals surface area contributed by atoms with Gasteiger partial charge in [-0.1, -0.05) is 13.0 Å². The highest BCUT2D eigenvalue weighted by Crippen LogP contribution is 2.28. The van der Waals surface area contributed by atoms with Crippen LogP contribution in [0, 0.1) is 0 Å². The van der Waals surface area contributed by atoms with Crippen molar-refractivity contribution in [1.82, 2.24) is 5.32 Å². The van der Waals surface area contributed by atoms with Crippen LogP contribution in [0.15, 0.2) is 18.2 Å². The first-order valence-electron chi connectivity index (χ1n) is 6.01. The lowest BCUT2D eigenvalue weighted by Gasteiger charge is -2.13. The van der Waals surface area contributed by atoms with Gasteiger partial charge in [0.05, 0.1) is 13.2 Å². The van der Waals surface area contributed by atoms with Crippen molar-refractivity contribution in [1.29, 1.82) is 0 Å². The molecule has 1 rings (SSSR count). The van der Waals surface area contributed by atoms with E-state index < -0.39 is 0 Å². The Morgan fingerprint density at radius 1 is 1.18 bits per heavy atom. The van der Waals surface area contributed by atoms with Gasteiger partial charge in [-0.05, 0) is 31.2 Å². The van der Waals surface area contributed by atoms with E-state index in [2.05, 4.69) is 12.2 Å². The Morgan fingerprint density at radius 2 is 2.00 bits per heavy atom. The van der Waals surface area contributed by atoms with E-state index >= 15 is 0 Å². The zero-order valence-electron chi connectivity index (χ0n) is 10.5. The second-order valence-corrected chi connectivity index (χ2v) is 3.57. The van der Waals surface area contributed by atoms with Crippen molar-refractivity contribution in [3.8, 4) is 11.5 Å². The van der Waals surface area contributed by atoms with Crippen LogP contribution in [0.3, 0.4) is 0 Å². The largest absolute Gasteiger partial charge is 0.490 e. The van der Waals surface area contributed by atoms with Crippen LogP contribution in [0.25, 0.3) is 0 Å². The number of benzene rings is 1. The Hall–Kier alpha value is -1.26. The quantitative estimate of drug-likeness (QED) is 0.723. The molecule has 0 aliphatic heterocycles. The van der Waals surface area contributed by atoms with Gasteiger partial charge < -0.3 is 19.9 Å². The average molecular weight is 239 g/mol. The fraction of sp³-hybridized carbons (Fsp3) is 0.538. The van der Waals surface area contributed by atoms with Gasteiger partial charge in [0.1, 0.15) is 6.61 Å². The summed E-state index contributed by atoms with van der Waals surface area (Å²) >= 11 is 0. The molecule has 0 fully saturated rings. The summed E-state index contributed by atoms with van der Waals surface area (Å²) in [6.07, 6.45) is 0. The van der Waals surface area contributed by atoms with Crippen LogP contribution in [-0.2, 0) is 6.54 Å². The summed E-state index contributed by atoms with van der Waals surface area (Å²) in [7, 11) is 0. The van der Waals surface area contributed by atoms with Gasteiger partial charge in [-0.2, -0.15) is 0 Å². The summed E-state index contributed by atoms with van der Waals surface area (Å²) < 4.78 is 10.9. The van der Waals surface area contributed by atoms with E-state index in [1.165, 1.54) is 0 Å². The average Bonchev–Trinajstić information content (AvgIpc) is 2.35. The summed E-state index contributed by atoms with van der Waals surface area (Å²) in [6, 6.07) is 5.85. The molecule has 0 aliphatic rings. The van der Waals surface area contributed by atoms with Gasteiger partial charge in [0.2, 0.25) is 0 Å². The monoisotopic (exact) mass is 239 g/mol. The molecule has 1 aromatic rings. The van der Waals surface area contributed by atoms with Gasteiger partial charge in [0, 0.05) is 6.54 Å². The van der Waals surface area contributed by atoms with E-state index in [4.69, 9.17) is 14.6 Å². The Morgan fingerprint density at radius 3 is 2.65 bits per heavy atom. The maximum Gasteiger partial charge on any atom is 0.161 e. The molecule has 0 amide bonds. The molecule has 0 aliphatic carbocycles. The molecule has 0 heterocycles. The first kappa shape index (κ1) is 13.8. The Labute approximate surface area is 103 Å². The van der Waals surface area contributed by atoms with Gasteiger partial charge in [0.25, 0.3) is 0 Å². The van der Waals surface area contributed by atoms with Crippen molar-refractivity contribution in [3.63, 3.8) is 0 Å². The first-order chi connectivity index (χ1) is 8.31. The molecular weight excluding hydrogens is 218 g/mol. The molecule has 0 spiro atoms. The van der Waals surface area contributed by atoms with Gasteiger partial charge in [-0.3, -0.25) is 0 Å². The Kier molecular flexibility index (Phi) is 6.43. The third-order valence-electron chi connectivity index (χ3n) is 2.24. The standard InChI is InChI=1S/C13H21NO3/c1-3-14-10-11-5-6-12(17-8-7-15)13(9-11)16-4-2/h5-6,9,14-15H,3-4,7-8,10H2,1-2H3. The van der Waals surface area contributed by atoms with Crippen LogP contribution in [-0.4, -0.2) is 31.5 Å². The highest BCUT2D eigenvalue weighted by Gasteiger charge is 2.06. The first-order valence-corrected chi connectivity index (χ1v) is 6.01. The predicted molar refractivity (Wildman–Crippen MR) is 67.6 cm³/mol. The van der Waals surface area contributed by atoms with Crippen LogP contribution in [0.4, 0.5) is 0 Å². The molecule has 0 unspecified atom stereocenters. The van der Waals surface area contributed by atoms with Crippen LogP contribution < -0.4 is 14.8 Å². The summed E-state index contributed by atoms with van der Waals surface area (Å²) in [5.41, 5.74) is 1.16. The fourth-order valence-electron chi connectivity index (χ4n) is 1.47. The van der Waals surface area contributed by atoms with E-state index in [0.717, 1.165) is 24.4 Å². The predicted octanol–water partition coefficient (Wildman–Crippen LogP) is 1.57. The molecule has 0 atom stereocenters. The van der Waals surface area contributed by atoms with Gasteiger partial charge in [-0.25, -0.2) is 0 Å². The van der Waals surface area contributed by atoms with Crippen molar-refractivity contribution >= 4 is 0 Å². The van der Waals surface area contributed by atoms with Crippen LogP contribution in [0.1, 0.15) is 19.4 Å². The van der Waals surface area contributed by atoms with Crippen molar-refractivity contribution in [2.24, 2.45) is 0 Å². The molecule has 4 heteroatoms. The zero-order chi connectivity index (χ0) is 12.5. The minimum Gasteiger partial charge on any atom is -0.490 e. The third-order valence-corrected chi connectivity index (χ3v) is 2.24. The minimum absolute atomic E-state index is 0.00467. The highest BCUT2D eigenvalue weighted by molar-refractivity contribution is 5.43. The second kappa shape index (κ2) is 7.92. The number of aliphatic hydroxyl groups excluding tert-OH is 1. The molecule has 0 aromatic heterocycles. The fourth-order valence-corrected chi connectivity index (χ4v) is 1.47. The summed E-state index contributed by atoms with van der Waals surface area (Å²) in [4.78, 5) is 0. The topological polar surface area (TPSA) is 50.7 Å². The lowest BCUT2D eigenvalue weighted by molar-refractivity contribution is 0.194. The van der Waals surface area contributed by atoms with Crippen LogP contribution >= 0.6 is 0 Å². The molecule has 0 radical (unpaired) electrons. The molecule has 4 nitrogen and oxygen atoms in total. The Bertz CT molecular complexity index is 328. The number of nitrogens with one attached hydrogen (secondary N) is 1. The number of rotatable bonds is 8. The molecule has 0 bridgehead atoms. The van der Waals surface area contributed by atoms with E-state index in [1.807, 2.05) is 25.1 Å². The molecule has 1 aromatic carbocycles. The maximum absolute atomic E-state index is 8.74. The summed E-state index contributed by atoms with van der Waals surface area (Å²) in [5.74, 6) is 1.41. The number of ether oxygens (including phenoxy) is 2. The highest BCUT2D eigenvalue weighted by atomic mass is 16.5. The molecular formula is C13H21NO3. The molecule has 17 heavy (non-hydrogen) atoms. The molecule has 96 valence electrons. The molecule has 0 saturated heterocycles.